The van der Waals surface area contributed by atoms with Crippen molar-refractivity contribution in [2.75, 3.05) is 16.6 Å². The van der Waals surface area contributed by atoms with Crippen LogP contribution in [0.1, 0.15) is 18.9 Å². The molecule has 0 saturated carbocycles. The molecule has 158 valence electrons. The highest BCUT2D eigenvalue weighted by molar-refractivity contribution is 14.1. The number of para-hydroxylation sites is 1. The van der Waals surface area contributed by atoms with E-state index in [1.165, 1.54) is 6.07 Å². The molecule has 1 unspecified atom stereocenters. The third kappa shape index (κ3) is 3.92. The largest absolute Gasteiger partial charge is 0.436 e. The molecule has 1 aliphatic rings. The number of hydrogen-bond acceptors (Lipinski definition) is 7. The van der Waals surface area contributed by atoms with E-state index < -0.39 is 5.82 Å². The summed E-state index contributed by atoms with van der Waals surface area (Å²) >= 11 is 2.06. The number of halogens is 2. The molecule has 2 N–H and O–H groups in total. The van der Waals surface area contributed by atoms with Gasteiger partial charge in [-0.1, -0.05) is 12.1 Å². The molecule has 31 heavy (non-hydrogen) atoms. The topological polar surface area (TPSA) is 89.8 Å². The molecule has 0 amide bonds. The zero-order chi connectivity index (χ0) is 21.2. The maximum Gasteiger partial charge on any atom is 0.219 e. The highest BCUT2D eigenvalue weighted by Gasteiger charge is 2.24. The average Bonchev–Trinajstić information content (AvgIpc) is 3.22. The molecule has 1 aliphatic heterocycles. The molecular weight excluding hydrogens is 512 g/mol. The number of fused-ring (bicyclic) bond motifs is 1. The number of benzene rings is 1. The Bertz CT molecular complexity index is 1210. The second-order valence-corrected chi connectivity index (χ2v) is 7.77. The smallest absolute Gasteiger partial charge is 0.219 e. The van der Waals surface area contributed by atoms with Crippen LogP contribution in [0.5, 0.6) is 11.6 Å². The number of pyridine rings is 1. The zero-order valence-corrected chi connectivity index (χ0v) is 18.6. The number of nitrogens with one attached hydrogen (secondary N) is 2. The molecule has 1 atom stereocenters. The molecule has 4 aromatic rings. The van der Waals surface area contributed by atoms with E-state index in [1.54, 1.807) is 36.8 Å². The van der Waals surface area contributed by atoms with E-state index in [1.807, 2.05) is 10.7 Å². The van der Waals surface area contributed by atoms with E-state index in [9.17, 15) is 4.39 Å². The van der Waals surface area contributed by atoms with Crippen LogP contribution in [-0.4, -0.2) is 37.8 Å². The third-order valence-corrected chi connectivity index (χ3v) is 5.77. The Hall–Kier alpha value is -2.86. The second kappa shape index (κ2) is 8.71. The summed E-state index contributed by atoms with van der Waals surface area (Å²) in [5, 5.41) is 9.18. The lowest BCUT2D eigenvalue weighted by Gasteiger charge is -2.23. The van der Waals surface area contributed by atoms with Gasteiger partial charge in [0.15, 0.2) is 17.2 Å². The van der Waals surface area contributed by atoms with Gasteiger partial charge in [-0.2, -0.15) is 5.10 Å². The summed E-state index contributed by atoms with van der Waals surface area (Å²) in [5.41, 5.74) is 2.32. The molecule has 1 aromatic carbocycles. The Morgan fingerprint density at radius 2 is 2.06 bits per heavy atom. The lowest BCUT2D eigenvalue weighted by atomic mass is 10.1. The van der Waals surface area contributed by atoms with Gasteiger partial charge in [-0.25, -0.2) is 24.0 Å². The van der Waals surface area contributed by atoms with Crippen molar-refractivity contribution < 1.29 is 9.13 Å². The Morgan fingerprint density at radius 3 is 2.81 bits per heavy atom. The first-order chi connectivity index (χ1) is 15.2. The van der Waals surface area contributed by atoms with Gasteiger partial charge in [0.1, 0.15) is 17.8 Å². The van der Waals surface area contributed by atoms with Crippen molar-refractivity contribution in [1.29, 1.82) is 0 Å². The van der Waals surface area contributed by atoms with Crippen LogP contribution in [0.2, 0.25) is 0 Å². The highest BCUT2D eigenvalue weighted by Crippen LogP contribution is 2.35. The third-order valence-electron chi connectivity index (χ3n) is 5.26. The monoisotopic (exact) mass is 531 g/mol. The summed E-state index contributed by atoms with van der Waals surface area (Å²) in [6, 6.07) is 10.0. The summed E-state index contributed by atoms with van der Waals surface area (Å²) in [6.45, 7) is 1.87. The van der Waals surface area contributed by atoms with Crippen molar-refractivity contribution in [1.82, 2.24) is 30.0 Å². The SMILES string of the molecule is Fc1ccccc1Oc1ccc(-c2nn(C3CCCNC3)c3ncnc(NI)c23)cn1. The molecule has 0 radical (unpaired) electrons. The quantitative estimate of drug-likeness (QED) is 0.290. The van der Waals surface area contributed by atoms with Gasteiger partial charge in [0.25, 0.3) is 0 Å². The average molecular weight is 531 g/mol. The number of piperidine rings is 1. The van der Waals surface area contributed by atoms with Crippen molar-refractivity contribution >= 4 is 39.7 Å². The van der Waals surface area contributed by atoms with Crippen molar-refractivity contribution in [3.8, 4) is 22.9 Å². The normalized spacial score (nSPS) is 16.4. The minimum atomic E-state index is -0.436. The molecule has 0 aliphatic carbocycles. The summed E-state index contributed by atoms with van der Waals surface area (Å²) in [5.74, 6) is 0.695. The van der Waals surface area contributed by atoms with Gasteiger partial charge in [0.05, 0.1) is 34.3 Å². The van der Waals surface area contributed by atoms with Crippen LogP contribution in [0.15, 0.2) is 48.9 Å². The van der Waals surface area contributed by atoms with Gasteiger partial charge in [-0.3, -0.25) is 0 Å². The van der Waals surface area contributed by atoms with Crippen LogP contribution in [0.3, 0.4) is 0 Å². The van der Waals surface area contributed by atoms with E-state index in [2.05, 4.69) is 46.7 Å². The van der Waals surface area contributed by atoms with E-state index in [0.717, 1.165) is 48.2 Å². The van der Waals surface area contributed by atoms with E-state index >= 15 is 0 Å². The number of ether oxygens (including phenoxy) is 1. The molecule has 8 nitrogen and oxygen atoms in total. The molecule has 3 aromatic heterocycles. The number of nitrogens with zero attached hydrogens (tertiary/aromatic N) is 5. The highest BCUT2D eigenvalue weighted by atomic mass is 127. The lowest BCUT2D eigenvalue weighted by Crippen LogP contribution is -2.32. The summed E-state index contributed by atoms with van der Waals surface area (Å²) < 4.78 is 24.5. The lowest BCUT2D eigenvalue weighted by molar-refractivity contribution is 0.354. The van der Waals surface area contributed by atoms with Gasteiger partial charge in [0.2, 0.25) is 5.88 Å². The fraction of sp³-hybridized carbons (Fsp3) is 0.238. The molecule has 10 heteroatoms. The predicted octanol–water partition coefficient (Wildman–Crippen LogP) is 4.51. The first-order valence-corrected chi connectivity index (χ1v) is 11.0. The van der Waals surface area contributed by atoms with E-state index in [-0.39, 0.29) is 11.8 Å². The zero-order valence-electron chi connectivity index (χ0n) is 16.4. The maximum absolute atomic E-state index is 13.9. The number of anilines is 1. The maximum atomic E-state index is 13.9. The Labute approximate surface area is 191 Å². The van der Waals surface area contributed by atoms with Crippen molar-refractivity contribution in [2.45, 2.75) is 18.9 Å². The minimum Gasteiger partial charge on any atom is -0.436 e. The van der Waals surface area contributed by atoms with Crippen molar-refractivity contribution in [3.63, 3.8) is 0 Å². The van der Waals surface area contributed by atoms with Gasteiger partial charge >= 0.3 is 0 Å². The van der Waals surface area contributed by atoms with Crippen LogP contribution < -0.4 is 13.6 Å². The Morgan fingerprint density at radius 1 is 1.16 bits per heavy atom. The molecule has 4 heterocycles. The molecule has 0 bridgehead atoms. The minimum absolute atomic E-state index is 0.132. The van der Waals surface area contributed by atoms with Crippen LogP contribution in [-0.2, 0) is 0 Å². The van der Waals surface area contributed by atoms with E-state index in [4.69, 9.17) is 9.84 Å². The van der Waals surface area contributed by atoms with Crippen molar-refractivity contribution in [2.24, 2.45) is 0 Å². The van der Waals surface area contributed by atoms with Crippen LogP contribution in [0, 0.1) is 5.82 Å². The molecule has 0 spiro atoms. The molecular formula is C21H19FIN7O. The van der Waals surface area contributed by atoms with Gasteiger partial charge in [-0.15, -0.1) is 0 Å². The summed E-state index contributed by atoms with van der Waals surface area (Å²) in [6.07, 6.45) is 5.35. The summed E-state index contributed by atoms with van der Waals surface area (Å²) in [4.78, 5) is 13.3. The number of aromatic nitrogens is 5. The van der Waals surface area contributed by atoms with Crippen LogP contribution in [0.25, 0.3) is 22.3 Å². The molecule has 1 saturated heterocycles. The van der Waals surface area contributed by atoms with E-state index in [0.29, 0.717) is 11.7 Å². The number of rotatable bonds is 5. The fourth-order valence-electron chi connectivity index (χ4n) is 3.76. The second-order valence-electron chi connectivity index (χ2n) is 7.23. The molecule has 1 fully saturated rings. The van der Waals surface area contributed by atoms with Gasteiger partial charge in [-0.05, 0) is 37.6 Å². The Balaban J connectivity index is 1.54. The molecule has 5 rings (SSSR count). The predicted molar refractivity (Wildman–Crippen MR) is 124 cm³/mol. The summed E-state index contributed by atoms with van der Waals surface area (Å²) in [7, 11) is 0. The standard InChI is InChI=1S/C21H19FIN7O/c22-15-5-1-2-6-16(15)31-17-8-7-13(10-25-17)19-18-20(28-23)26-12-27-21(18)30(29-19)14-4-3-9-24-11-14/h1-2,5-8,10,12,14,24H,3-4,9,11H2,(H,26,27,28). The fourth-order valence-corrected chi connectivity index (χ4v) is 4.17. The van der Waals surface area contributed by atoms with Gasteiger partial charge in [0, 0.05) is 24.4 Å². The first kappa shape index (κ1) is 20.1. The van der Waals surface area contributed by atoms with Crippen LogP contribution in [0.4, 0.5) is 10.2 Å². The van der Waals surface area contributed by atoms with Gasteiger partial charge < -0.3 is 13.6 Å². The Kier molecular flexibility index (Phi) is 5.64. The number of hydrogen-bond donors (Lipinski definition) is 2. The van der Waals surface area contributed by atoms with Crippen molar-refractivity contribution in [3.05, 3.63) is 54.7 Å². The van der Waals surface area contributed by atoms with Crippen LogP contribution >= 0.6 is 22.9 Å². The first-order valence-electron chi connectivity index (χ1n) is 9.94.